The van der Waals surface area contributed by atoms with Gasteiger partial charge in [-0.2, -0.15) is 0 Å². The van der Waals surface area contributed by atoms with Crippen LogP contribution in [0, 0.1) is 5.92 Å². The fraction of sp³-hybridized carbons (Fsp3) is 0.900. The largest absolute Gasteiger partial charge is 0.363 e. The molecule has 0 aliphatic carbocycles. The van der Waals surface area contributed by atoms with Crippen molar-refractivity contribution >= 4 is 17.3 Å². The second kappa shape index (κ2) is 6.19. The SMILES string of the molecule is CCNC(=S)NCC1CCN(C)CC1. The van der Waals surface area contributed by atoms with E-state index in [4.69, 9.17) is 12.2 Å². The average molecular weight is 215 g/mol. The van der Waals surface area contributed by atoms with Gasteiger partial charge in [0.25, 0.3) is 0 Å². The lowest BCUT2D eigenvalue weighted by Gasteiger charge is -2.29. The molecule has 14 heavy (non-hydrogen) atoms. The van der Waals surface area contributed by atoms with Crippen molar-refractivity contribution < 1.29 is 0 Å². The van der Waals surface area contributed by atoms with E-state index in [0.29, 0.717) is 0 Å². The van der Waals surface area contributed by atoms with Crippen LogP contribution in [0.1, 0.15) is 19.8 Å². The topological polar surface area (TPSA) is 27.3 Å². The minimum absolute atomic E-state index is 0.794. The molecule has 0 aromatic rings. The first kappa shape index (κ1) is 11.7. The van der Waals surface area contributed by atoms with Crippen LogP contribution < -0.4 is 10.6 Å². The van der Waals surface area contributed by atoms with Crippen LogP contribution in [0.15, 0.2) is 0 Å². The fourth-order valence-electron chi connectivity index (χ4n) is 1.73. The second-order valence-electron chi connectivity index (χ2n) is 3.99. The van der Waals surface area contributed by atoms with Gasteiger partial charge in [0.2, 0.25) is 0 Å². The third-order valence-corrected chi connectivity index (χ3v) is 3.02. The number of likely N-dealkylation sites (tertiary alicyclic amines) is 1. The standard InChI is InChI=1S/C10H21N3S/c1-3-11-10(14)12-8-9-4-6-13(2)7-5-9/h9H,3-8H2,1-2H3,(H2,11,12,14). The minimum atomic E-state index is 0.794. The van der Waals surface area contributed by atoms with Crippen molar-refractivity contribution in [2.24, 2.45) is 5.92 Å². The van der Waals surface area contributed by atoms with Gasteiger partial charge >= 0.3 is 0 Å². The molecule has 1 aliphatic heterocycles. The van der Waals surface area contributed by atoms with Gasteiger partial charge in [-0.05, 0) is 58.0 Å². The van der Waals surface area contributed by atoms with Crippen molar-refractivity contribution in [3.05, 3.63) is 0 Å². The van der Waals surface area contributed by atoms with E-state index in [9.17, 15) is 0 Å². The first-order valence-electron chi connectivity index (χ1n) is 5.42. The highest BCUT2D eigenvalue weighted by Crippen LogP contribution is 2.14. The molecule has 0 atom stereocenters. The van der Waals surface area contributed by atoms with Crippen LogP contribution in [0.4, 0.5) is 0 Å². The van der Waals surface area contributed by atoms with Gasteiger partial charge in [0, 0.05) is 13.1 Å². The quantitative estimate of drug-likeness (QED) is 0.681. The summed E-state index contributed by atoms with van der Waals surface area (Å²) in [5.74, 6) is 0.794. The van der Waals surface area contributed by atoms with E-state index < -0.39 is 0 Å². The molecule has 2 N–H and O–H groups in total. The van der Waals surface area contributed by atoms with Gasteiger partial charge in [-0.15, -0.1) is 0 Å². The molecule has 3 nitrogen and oxygen atoms in total. The summed E-state index contributed by atoms with van der Waals surface area (Å²) in [6.45, 7) is 6.43. The van der Waals surface area contributed by atoms with E-state index in [1.807, 2.05) is 0 Å². The van der Waals surface area contributed by atoms with Gasteiger partial charge in [-0.3, -0.25) is 0 Å². The van der Waals surface area contributed by atoms with Gasteiger partial charge < -0.3 is 15.5 Å². The highest BCUT2D eigenvalue weighted by Gasteiger charge is 2.16. The molecule has 1 aliphatic rings. The highest BCUT2D eigenvalue weighted by molar-refractivity contribution is 7.80. The molecule has 1 rings (SSSR count). The maximum Gasteiger partial charge on any atom is 0.166 e. The summed E-state index contributed by atoms with van der Waals surface area (Å²) in [6.07, 6.45) is 2.58. The molecule has 0 aromatic heterocycles. The molecule has 1 saturated heterocycles. The zero-order valence-corrected chi connectivity index (χ0v) is 9.99. The third kappa shape index (κ3) is 4.24. The van der Waals surface area contributed by atoms with E-state index in [1.165, 1.54) is 25.9 Å². The molecule has 82 valence electrons. The van der Waals surface area contributed by atoms with Gasteiger partial charge in [-0.1, -0.05) is 0 Å². The maximum absolute atomic E-state index is 5.11. The van der Waals surface area contributed by atoms with Crippen LogP contribution in [0.3, 0.4) is 0 Å². The Morgan fingerprint density at radius 2 is 2.00 bits per heavy atom. The zero-order chi connectivity index (χ0) is 10.4. The third-order valence-electron chi connectivity index (χ3n) is 2.73. The van der Waals surface area contributed by atoms with Crippen LogP contribution in [0.25, 0.3) is 0 Å². The zero-order valence-electron chi connectivity index (χ0n) is 9.18. The molecule has 0 spiro atoms. The molecule has 0 aromatic carbocycles. The predicted molar refractivity (Wildman–Crippen MR) is 64.5 cm³/mol. The normalized spacial score (nSPS) is 19.3. The maximum atomic E-state index is 5.11. The molecule has 0 radical (unpaired) electrons. The Hall–Kier alpha value is -0.350. The molecular formula is C10H21N3S. The Morgan fingerprint density at radius 3 is 2.57 bits per heavy atom. The van der Waals surface area contributed by atoms with Crippen molar-refractivity contribution in [2.75, 3.05) is 33.2 Å². The van der Waals surface area contributed by atoms with E-state index in [0.717, 1.165) is 24.1 Å². The summed E-state index contributed by atoms with van der Waals surface area (Å²) in [5, 5.41) is 7.17. The lowest BCUT2D eigenvalue weighted by Crippen LogP contribution is -2.40. The molecule has 0 saturated carbocycles. The van der Waals surface area contributed by atoms with Crippen molar-refractivity contribution in [1.29, 1.82) is 0 Å². The van der Waals surface area contributed by atoms with Gasteiger partial charge in [-0.25, -0.2) is 0 Å². The van der Waals surface area contributed by atoms with Gasteiger partial charge in [0.15, 0.2) is 5.11 Å². The number of hydrogen-bond acceptors (Lipinski definition) is 2. The monoisotopic (exact) mass is 215 g/mol. The van der Waals surface area contributed by atoms with E-state index in [-0.39, 0.29) is 0 Å². The van der Waals surface area contributed by atoms with Crippen LogP contribution in [-0.4, -0.2) is 43.2 Å². The fourth-order valence-corrected chi connectivity index (χ4v) is 1.95. The molecule has 0 amide bonds. The summed E-state index contributed by atoms with van der Waals surface area (Å²) in [5.41, 5.74) is 0. The van der Waals surface area contributed by atoms with Crippen molar-refractivity contribution in [3.8, 4) is 0 Å². The number of rotatable bonds is 3. The van der Waals surface area contributed by atoms with E-state index in [1.54, 1.807) is 0 Å². The summed E-state index contributed by atoms with van der Waals surface area (Å²) in [7, 11) is 2.19. The minimum Gasteiger partial charge on any atom is -0.363 e. The van der Waals surface area contributed by atoms with Gasteiger partial charge in [0.1, 0.15) is 0 Å². The number of piperidine rings is 1. The number of hydrogen-bond donors (Lipinski definition) is 2. The first-order valence-corrected chi connectivity index (χ1v) is 5.83. The van der Waals surface area contributed by atoms with Crippen LogP contribution in [0.2, 0.25) is 0 Å². The lowest BCUT2D eigenvalue weighted by molar-refractivity contribution is 0.220. The van der Waals surface area contributed by atoms with Crippen LogP contribution in [-0.2, 0) is 0 Å². The molecule has 1 fully saturated rings. The van der Waals surface area contributed by atoms with Gasteiger partial charge in [0.05, 0.1) is 0 Å². The summed E-state index contributed by atoms with van der Waals surface area (Å²) < 4.78 is 0. The summed E-state index contributed by atoms with van der Waals surface area (Å²) >= 11 is 5.11. The Balaban J connectivity index is 2.09. The smallest absolute Gasteiger partial charge is 0.166 e. The summed E-state index contributed by atoms with van der Waals surface area (Å²) in [4.78, 5) is 2.39. The van der Waals surface area contributed by atoms with Crippen molar-refractivity contribution in [3.63, 3.8) is 0 Å². The second-order valence-corrected chi connectivity index (χ2v) is 4.40. The predicted octanol–water partition coefficient (Wildman–Crippen LogP) is 0.812. The van der Waals surface area contributed by atoms with E-state index >= 15 is 0 Å². The molecule has 4 heteroatoms. The van der Waals surface area contributed by atoms with Crippen molar-refractivity contribution in [2.45, 2.75) is 19.8 Å². The number of thiocarbonyl (C=S) groups is 1. The Labute approximate surface area is 92.2 Å². The lowest BCUT2D eigenvalue weighted by atomic mass is 9.97. The highest BCUT2D eigenvalue weighted by atomic mass is 32.1. The molecule has 1 heterocycles. The molecule has 0 unspecified atom stereocenters. The first-order chi connectivity index (χ1) is 6.72. The van der Waals surface area contributed by atoms with Crippen LogP contribution >= 0.6 is 12.2 Å². The van der Waals surface area contributed by atoms with Crippen molar-refractivity contribution in [1.82, 2.24) is 15.5 Å². The Bertz CT molecular complexity index is 176. The molecule has 0 bridgehead atoms. The summed E-state index contributed by atoms with van der Waals surface area (Å²) in [6, 6.07) is 0. The number of nitrogens with zero attached hydrogens (tertiary/aromatic N) is 1. The molecular weight excluding hydrogens is 194 g/mol. The van der Waals surface area contributed by atoms with E-state index in [2.05, 4.69) is 29.5 Å². The average Bonchev–Trinajstić information content (AvgIpc) is 2.17. The number of nitrogens with one attached hydrogen (secondary N) is 2. The van der Waals surface area contributed by atoms with Crippen LogP contribution in [0.5, 0.6) is 0 Å². The Kier molecular flexibility index (Phi) is 5.19. The Morgan fingerprint density at radius 1 is 1.36 bits per heavy atom.